The number of fused-ring (bicyclic) bond motifs is 2. The van der Waals surface area contributed by atoms with Crippen LogP contribution in [-0.2, 0) is 36.0 Å². The molecule has 0 bridgehead atoms. The number of carbonyl (C=O) groups is 3. The van der Waals surface area contributed by atoms with Gasteiger partial charge in [-0.25, -0.2) is 0 Å². The number of β-lactam (4-membered cyclic amide) rings is 1. The first-order valence-corrected chi connectivity index (χ1v) is 20.4. The van der Waals surface area contributed by atoms with Crippen LogP contribution in [0.1, 0.15) is 49.4 Å². The van der Waals surface area contributed by atoms with Crippen molar-refractivity contribution in [3.05, 3.63) is 95.8 Å². The van der Waals surface area contributed by atoms with Gasteiger partial charge >= 0.3 is 5.97 Å². The molecule has 1 aromatic heterocycles. The van der Waals surface area contributed by atoms with Crippen molar-refractivity contribution in [2.75, 3.05) is 23.9 Å². The number of esters is 1. The van der Waals surface area contributed by atoms with Crippen molar-refractivity contribution in [3.63, 3.8) is 0 Å². The second kappa shape index (κ2) is 13.4. The van der Waals surface area contributed by atoms with Gasteiger partial charge in [0, 0.05) is 42.5 Å². The first-order chi connectivity index (χ1) is 24.5. The molecule has 0 aliphatic carbocycles. The Morgan fingerprint density at radius 3 is 2.53 bits per heavy atom. The van der Waals surface area contributed by atoms with E-state index in [1.54, 1.807) is 23.9 Å². The molecule has 0 saturated carbocycles. The minimum atomic E-state index is -2.39. The third-order valence-corrected chi connectivity index (χ3v) is 15.4. The molecule has 0 radical (unpaired) electrons. The van der Waals surface area contributed by atoms with Gasteiger partial charge in [-0.2, -0.15) is 0 Å². The van der Waals surface area contributed by atoms with Gasteiger partial charge in [0.15, 0.2) is 11.8 Å². The summed E-state index contributed by atoms with van der Waals surface area (Å²) in [4.78, 5) is 40.2. The minimum absolute atomic E-state index is 0.0109. The van der Waals surface area contributed by atoms with E-state index in [0.29, 0.717) is 35.6 Å². The number of aryl methyl sites for hydroxylation is 1. The van der Waals surface area contributed by atoms with Gasteiger partial charge in [0.25, 0.3) is 5.91 Å². The van der Waals surface area contributed by atoms with E-state index in [-0.39, 0.29) is 48.3 Å². The summed E-state index contributed by atoms with van der Waals surface area (Å²) in [5.41, 5.74) is 2.15. The number of aliphatic hydroxyl groups is 1. The van der Waals surface area contributed by atoms with Crippen LogP contribution in [0.2, 0.25) is 18.6 Å². The summed E-state index contributed by atoms with van der Waals surface area (Å²) >= 11 is 0. The van der Waals surface area contributed by atoms with E-state index in [4.69, 9.17) is 14.2 Å². The Balaban J connectivity index is 1.23. The fourth-order valence-corrected chi connectivity index (χ4v) is 12.5. The van der Waals surface area contributed by atoms with Crippen molar-refractivity contribution in [1.29, 1.82) is 0 Å². The highest BCUT2D eigenvalue weighted by Crippen LogP contribution is 2.59. The van der Waals surface area contributed by atoms with E-state index in [2.05, 4.69) is 47.8 Å². The largest absolute Gasteiger partial charge is 0.497 e. The number of rotatable bonds is 11. The number of ether oxygens (including phenoxy) is 3. The number of nitrogens with one attached hydrogen (secondary N) is 1. The number of anilines is 2. The van der Waals surface area contributed by atoms with E-state index in [9.17, 15) is 19.5 Å². The minimum Gasteiger partial charge on any atom is -0.497 e. The molecule has 13 heteroatoms. The molecule has 1 spiro atoms. The Morgan fingerprint density at radius 2 is 1.86 bits per heavy atom. The Hall–Kier alpha value is -4.85. The lowest BCUT2D eigenvalue weighted by molar-refractivity contribution is -0.153. The molecular formula is C38H43N5O7Si. The number of carbonyl (C=O) groups excluding carboxylic acids is 3. The second-order valence-electron chi connectivity index (χ2n) is 14.2. The smallest absolute Gasteiger partial charge is 0.304 e. The Labute approximate surface area is 297 Å². The van der Waals surface area contributed by atoms with Crippen molar-refractivity contribution in [1.82, 2.24) is 15.0 Å². The van der Waals surface area contributed by atoms with Crippen molar-refractivity contribution >= 4 is 42.4 Å². The van der Waals surface area contributed by atoms with E-state index in [0.717, 1.165) is 11.3 Å². The van der Waals surface area contributed by atoms with Crippen molar-refractivity contribution in [2.24, 2.45) is 5.92 Å². The Morgan fingerprint density at radius 1 is 1.12 bits per heavy atom. The molecule has 2 N–H and O–H groups in total. The maximum absolute atomic E-state index is 14.2. The molecule has 12 nitrogen and oxygen atoms in total. The van der Waals surface area contributed by atoms with Crippen LogP contribution < -0.4 is 20.1 Å². The zero-order valence-electron chi connectivity index (χ0n) is 29.4. The number of nitrogens with zero attached hydrogens (tertiary/aromatic N) is 4. The van der Waals surface area contributed by atoms with E-state index in [1.807, 2.05) is 54.7 Å². The lowest BCUT2D eigenvalue weighted by Gasteiger charge is -2.39. The normalized spacial score (nSPS) is 24.6. The van der Waals surface area contributed by atoms with Gasteiger partial charge in [-0.15, -0.1) is 5.10 Å². The van der Waals surface area contributed by atoms with Crippen LogP contribution in [0.3, 0.4) is 0 Å². The van der Waals surface area contributed by atoms with Crippen molar-refractivity contribution < 1.29 is 33.7 Å². The summed E-state index contributed by atoms with van der Waals surface area (Å²) in [6.45, 7) is 8.43. The van der Waals surface area contributed by atoms with Crippen LogP contribution >= 0.6 is 0 Å². The van der Waals surface area contributed by atoms with Gasteiger partial charge in [0.1, 0.15) is 5.75 Å². The topological polar surface area (TPSA) is 145 Å². The van der Waals surface area contributed by atoms with Crippen molar-refractivity contribution in [2.45, 2.75) is 75.7 Å². The molecule has 2 amide bonds. The summed E-state index contributed by atoms with van der Waals surface area (Å²) in [5, 5.41) is 23.3. The SMILES string of the molecule is COc1ccc([Si](C)(C)[C@@H]2[C@@H](CCn3cc(C(CO)c4ccccc4)nn3)O[C@]3(C(=O)Nc4ccc(N5C(=O)CC5OC(C)=O)cc43)[C@H]2C)cc1. The summed E-state index contributed by atoms with van der Waals surface area (Å²) in [7, 11) is -0.738. The molecule has 51 heavy (non-hydrogen) atoms. The highest BCUT2D eigenvalue weighted by atomic mass is 28.3. The molecule has 3 aromatic carbocycles. The number of aliphatic hydroxyl groups excluding tert-OH is 1. The molecule has 3 aliphatic rings. The number of hydrogen-bond acceptors (Lipinski definition) is 9. The standard InChI is InChI=1S/C38H43N5O7Si/c1-23-36(51(4,5)28-14-12-27(48-3)13-15-28)33(17-18-42-21-32(40-41-42)29(22-44)25-9-7-6-8-10-25)50-38(23)30-19-26(11-16-31(30)39-37(38)47)43-34(46)20-35(43)49-24(2)45/h6-16,19,21,23,29,33,35-36,44H,17-18,20,22H2,1-5H3,(H,39,47)/t23-,29?,33+,35?,36-,38+/m0/s1. The van der Waals surface area contributed by atoms with Crippen LogP contribution in [-0.4, -0.2) is 72.0 Å². The molecule has 6 atom stereocenters. The second-order valence-corrected chi connectivity index (χ2v) is 18.9. The van der Waals surface area contributed by atoms with Crippen LogP contribution in [0.15, 0.2) is 79.0 Å². The molecule has 2 unspecified atom stereocenters. The fraction of sp³-hybridized carbons (Fsp3) is 0.395. The van der Waals surface area contributed by atoms with Crippen LogP contribution in [0.5, 0.6) is 5.75 Å². The first kappa shape index (κ1) is 34.6. The predicted molar refractivity (Wildman–Crippen MR) is 192 cm³/mol. The Kier molecular flexibility index (Phi) is 9.06. The molecule has 3 aliphatic heterocycles. The highest BCUT2D eigenvalue weighted by Gasteiger charge is 2.64. The van der Waals surface area contributed by atoms with Gasteiger partial charge in [-0.05, 0) is 47.9 Å². The van der Waals surface area contributed by atoms with Crippen molar-refractivity contribution in [3.8, 4) is 5.75 Å². The maximum Gasteiger partial charge on any atom is 0.304 e. The summed E-state index contributed by atoms with van der Waals surface area (Å²) in [5.74, 6) is -0.649. The zero-order chi connectivity index (χ0) is 36.1. The van der Waals surface area contributed by atoms with E-state index in [1.165, 1.54) is 17.0 Å². The number of aromatic nitrogens is 3. The molecule has 2 saturated heterocycles. The zero-order valence-corrected chi connectivity index (χ0v) is 30.4. The molecule has 266 valence electrons. The van der Waals surface area contributed by atoms with E-state index >= 15 is 0 Å². The number of hydrogen-bond donors (Lipinski definition) is 2. The average molecular weight is 710 g/mol. The van der Waals surface area contributed by atoms with Crippen LogP contribution in [0.25, 0.3) is 0 Å². The lowest BCUT2D eigenvalue weighted by atomic mass is 9.82. The van der Waals surface area contributed by atoms with Gasteiger partial charge in [-0.1, -0.05) is 72.9 Å². The van der Waals surface area contributed by atoms with Gasteiger partial charge in [0.05, 0.1) is 45.9 Å². The molecule has 4 aromatic rings. The first-order valence-electron chi connectivity index (χ1n) is 17.3. The third kappa shape index (κ3) is 5.92. The van der Waals surface area contributed by atoms with Gasteiger partial charge < -0.3 is 24.6 Å². The van der Waals surface area contributed by atoms with E-state index < -0.39 is 25.9 Å². The number of methoxy groups -OCH3 is 1. The summed E-state index contributed by atoms with van der Waals surface area (Å²) in [6.07, 6.45) is 1.50. The van der Waals surface area contributed by atoms with Crippen LogP contribution in [0, 0.1) is 5.92 Å². The quantitative estimate of drug-likeness (QED) is 0.132. The molecular weight excluding hydrogens is 667 g/mol. The number of amides is 2. The number of benzene rings is 3. The molecule has 7 rings (SSSR count). The molecule has 2 fully saturated rings. The fourth-order valence-electron chi connectivity index (χ4n) is 8.42. The summed E-state index contributed by atoms with van der Waals surface area (Å²) in [6, 6.07) is 23.3. The maximum atomic E-state index is 14.2. The molecule has 4 heterocycles. The predicted octanol–water partition coefficient (Wildman–Crippen LogP) is 4.30. The summed E-state index contributed by atoms with van der Waals surface area (Å²) < 4.78 is 19.7. The monoisotopic (exact) mass is 709 g/mol. The van der Waals surface area contributed by atoms with Crippen LogP contribution in [0.4, 0.5) is 11.4 Å². The highest BCUT2D eigenvalue weighted by molar-refractivity contribution is 6.91. The lowest BCUT2D eigenvalue weighted by Crippen LogP contribution is -2.55. The average Bonchev–Trinajstić information content (AvgIpc) is 3.78. The third-order valence-electron chi connectivity index (χ3n) is 11.0. The Bertz CT molecular complexity index is 1950. The van der Waals surface area contributed by atoms with Gasteiger partial charge in [0.2, 0.25) is 5.91 Å². The van der Waals surface area contributed by atoms with Gasteiger partial charge in [-0.3, -0.25) is 24.0 Å².